The van der Waals surface area contributed by atoms with E-state index in [2.05, 4.69) is 38.2 Å². The maximum atomic E-state index is 12.7. The molecule has 1 aliphatic carbocycles. The number of aliphatic hydroxyl groups is 5. The second kappa shape index (κ2) is 30.5. The number of phosphoric acid groups is 1. The van der Waals surface area contributed by atoms with Crippen molar-refractivity contribution in [2.75, 3.05) is 13.2 Å². The first-order chi connectivity index (χ1) is 25.4. The first kappa shape index (κ1) is 49.3. The molecule has 0 aliphatic heterocycles. The fourth-order valence-corrected chi connectivity index (χ4v) is 6.92. The third kappa shape index (κ3) is 23.8. The van der Waals surface area contributed by atoms with Gasteiger partial charge in [0.15, 0.2) is 6.10 Å². The minimum atomic E-state index is -5.11. The zero-order valence-corrected chi connectivity index (χ0v) is 33.2. The van der Waals surface area contributed by atoms with Crippen molar-refractivity contribution in [3.05, 3.63) is 24.3 Å². The van der Waals surface area contributed by atoms with E-state index in [0.717, 1.165) is 70.6 Å². The molecule has 14 heteroatoms. The van der Waals surface area contributed by atoms with Gasteiger partial charge in [0.2, 0.25) is 0 Å². The van der Waals surface area contributed by atoms with Crippen LogP contribution in [0.4, 0.5) is 0 Å². The molecule has 1 fully saturated rings. The maximum absolute atomic E-state index is 12.7. The van der Waals surface area contributed by atoms with Crippen LogP contribution in [0.3, 0.4) is 0 Å². The zero-order valence-electron chi connectivity index (χ0n) is 32.3. The van der Waals surface area contributed by atoms with Crippen LogP contribution in [0.2, 0.25) is 0 Å². The molecule has 0 aromatic carbocycles. The van der Waals surface area contributed by atoms with Crippen molar-refractivity contribution in [3.63, 3.8) is 0 Å². The van der Waals surface area contributed by atoms with Gasteiger partial charge in [0.1, 0.15) is 43.2 Å². The van der Waals surface area contributed by atoms with Gasteiger partial charge in [-0.2, -0.15) is 0 Å². The average molecular weight is 779 g/mol. The lowest BCUT2D eigenvalue weighted by Gasteiger charge is -2.41. The molecule has 6 unspecified atom stereocenters. The summed E-state index contributed by atoms with van der Waals surface area (Å²) in [5, 5.41) is 49.9. The van der Waals surface area contributed by atoms with Crippen molar-refractivity contribution in [1.29, 1.82) is 0 Å². The van der Waals surface area contributed by atoms with Gasteiger partial charge in [-0.15, -0.1) is 0 Å². The third-order valence-corrected chi connectivity index (χ3v) is 10.3. The lowest BCUT2D eigenvalue weighted by molar-refractivity contribution is -0.220. The predicted octanol–water partition coefficient (Wildman–Crippen LogP) is 6.50. The fraction of sp³-hybridized carbons (Fsp3) is 0.846. The Kier molecular flexibility index (Phi) is 28.4. The number of rotatable bonds is 32. The summed E-state index contributed by atoms with van der Waals surface area (Å²) in [6.45, 7) is 3.20. The van der Waals surface area contributed by atoms with Crippen LogP contribution < -0.4 is 0 Å². The third-order valence-electron chi connectivity index (χ3n) is 9.30. The van der Waals surface area contributed by atoms with Gasteiger partial charge in [0, 0.05) is 12.8 Å². The van der Waals surface area contributed by atoms with Crippen LogP contribution in [0, 0.1) is 0 Å². The maximum Gasteiger partial charge on any atom is 0.472 e. The Bertz CT molecular complexity index is 1040. The van der Waals surface area contributed by atoms with Gasteiger partial charge >= 0.3 is 19.8 Å². The molecule has 1 aliphatic rings. The lowest BCUT2D eigenvalue weighted by atomic mass is 9.85. The largest absolute Gasteiger partial charge is 0.472 e. The normalized spacial score (nSPS) is 23.7. The van der Waals surface area contributed by atoms with E-state index in [9.17, 15) is 44.6 Å². The van der Waals surface area contributed by atoms with E-state index in [0.29, 0.717) is 12.8 Å². The molecule has 0 heterocycles. The Morgan fingerprint density at radius 3 is 1.58 bits per heavy atom. The van der Waals surface area contributed by atoms with Crippen LogP contribution in [0.1, 0.15) is 155 Å². The van der Waals surface area contributed by atoms with Gasteiger partial charge < -0.3 is 39.9 Å². The SMILES string of the molecule is CCCC/C=C\C/C=C\CCCCCCCC(=O)OC[C@H](COP(=O)(O)OC1C(O)C(O)C(O)[C@@H](O)C1O)OC(=O)CCCCCCCCCCCC. The summed E-state index contributed by atoms with van der Waals surface area (Å²) in [6.07, 6.45) is 16.8. The molecule has 1 saturated carbocycles. The van der Waals surface area contributed by atoms with Crippen molar-refractivity contribution < 1.29 is 63.1 Å². The quantitative estimate of drug-likeness (QED) is 0.0187. The zero-order chi connectivity index (χ0) is 39.3. The van der Waals surface area contributed by atoms with Crippen LogP contribution in [0.25, 0.3) is 0 Å². The summed E-state index contributed by atoms with van der Waals surface area (Å²) in [6, 6.07) is 0. The molecule has 0 aromatic rings. The molecule has 0 radical (unpaired) electrons. The molecule has 13 nitrogen and oxygen atoms in total. The highest BCUT2D eigenvalue weighted by molar-refractivity contribution is 7.47. The second-order valence-electron chi connectivity index (χ2n) is 14.1. The molecule has 1 rings (SSSR count). The predicted molar refractivity (Wildman–Crippen MR) is 203 cm³/mol. The van der Waals surface area contributed by atoms with E-state index in [-0.39, 0.29) is 12.8 Å². The molecule has 0 saturated heterocycles. The van der Waals surface area contributed by atoms with Crippen molar-refractivity contribution >= 4 is 19.8 Å². The Balaban J connectivity index is 2.53. The number of carbonyl (C=O) groups excluding carboxylic acids is 2. The van der Waals surface area contributed by atoms with Crippen LogP contribution in [0.5, 0.6) is 0 Å². The second-order valence-corrected chi connectivity index (χ2v) is 15.5. The molecule has 0 aromatic heterocycles. The molecule has 53 heavy (non-hydrogen) atoms. The minimum absolute atomic E-state index is 0.0959. The highest BCUT2D eigenvalue weighted by Crippen LogP contribution is 2.47. The van der Waals surface area contributed by atoms with Crippen molar-refractivity contribution in [2.45, 2.75) is 198 Å². The Morgan fingerprint density at radius 2 is 1.04 bits per heavy atom. The van der Waals surface area contributed by atoms with Gasteiger partial charge in [-0.05, 0) is 38.5 Å². The lowest BCUT2D eigenvalue weighted by Crippen LogP contribution is -2.64. The Morgan fingerprint density at radius 1 is 0.585 bits per heavy atom. The number of aliphatic hydroxyl groups excluding tert-OH is 5. The summed E-state index contributed by atoms with van der Waals surface area (Å²) in [4.78, 5) is 35.4. The molecule has 6 N–H and O–H groups in total. The summed E-state index contributed by atoms with van der Waals surface area (Å²) in [7, 11) is -5.11. The number of unbranched alkanes of at least 4 members (excludes halogenated alkanes) is 16. The van der Waals surface area contributed by atoms with Crippen molar-refractivity contribution in [2.24, 2.45) is 0 Å². The van der Waals surface area contributed by atoms with Crippen molar-refractivity contribution in [3.8, 4) is 0 Å². The molecular weight excluding hydrogens is 707 g/mol. The van der Waals surface area contributed by atoms with Crippen molar-refractivity contribution in [1.82, 2.24) is 0 Å². The Hall–Kier alpha value is -1.67. The van der Waals surface area contributed by atoms with E-state index in [1.54, 1.807) is 0 Å². The minimum Gasteiger partial charge on any atom is -0.462 e. The first-order valence-corrected chi connectivity index (χ1v) is 21.6. The fourth-order valence-electron chi connectivity index (χ4n) is 5.95. The standard InChI is InChI=1S/C39H71O13P/c1-3-5-7-9-11-13-15-16-17-18-20-21-23-25-27-32(40)49-29-31(51-33(41)28-26-24-22-19-14-12-10-8-6-4-2)30-50-53(47,48)52-39-37(45)35(43)34(42)36(44)38(39)46/h9,11,15-16,31,34-39,42-46H,3-8,10,12-14,17-30H2,1-2H3,(H,47,48)/b11-9-,16-15-/t31-,34?,35-,36?,37?,38?,39?/m1/s1. The summed E-state index contributed by atoms with van der Waals surface area (Å²) >= 11 is 0. The number of hydrogen-bond donors (Lipinski definition) is 6. The van der Waals surface area contributed by atoms with E-state index < -0.39 is 75.7 Å². The smallest absolute Gasteiger partial charge is 0.462 e. The van der Waals surface area contributed by atoms with E-state index in [1.807, 2.05) is 0 Å². The molecule has 8 atom stereocenters. The van der Waals surface area contributed by atoms with Crippen LogP contribution >= 0.6 is 7.82 Å². The number of carbonyl (C=O) groups is 2. The topological polar surface area (TPSA) is 210 Å². The number of hydrogen-bond acceptors (Lipinski definition) is 12. The summed E-state index contributed by atoms with van der Waals surface area (Å²) in [5.41, 5.74) is 0. The Labute approximate surface area is 317 Å². The van der Waals surface area contributed by atoms with E-state index in [4.69, 9.17) is 18.5 Å². The van der Waals surface area contributed by atoms with Gasteiger partial charge in [0.05, 0.1) is 6.61 Å². The van der Waals surface area contributed by atoms with Gasteiger partial charge in [-0.1, -0.05) is 128 Å². The highest BCUT2D eigenvalue weighted by atomic mass is 31.2. The average Bonchev–Trinajstić information content (AvgIpc) is 3.13. The number of phosphoric ester groups is 1. The van der Waals surface area contributed by atoms with Gasteiger partial charge in [-0.25, -0.2) is 4.57 Å². The number of allylic oxidation sites excluding steroid dienone is 4. The first-order valence-electron chi connectivity index (χ1n) is 20.1. The van der Waals surface area contributed by atoms with Gasteiger partial charge in [0.25, 0.3) is 0 Å². The van der Waals surface area contributed by atoms with E-state index >= 15 is 0 Å². The summed E-state index contributed by atoms with van der Waals surface area (Å²) < 4.78 is 33.3. The monoisotopic (exact) mass is 778 g/mol. The summed E-state index contributed by atoms with van der Waals surface area (Å²) in [5.74, 6) is -1.12. The van der Waals surface area contributed by atoms with Crippen LogP contribution in [-0.4, -0.2) is 98.3 Å². The molecule has 310 valence electrons. The molecule has 0 bridgehead atoms. The number of ether oxygens (including phenoxy) is 2. The molecule has 0 amide bonds. The van der Waals surface area contributed by atoms with Crippen LogP contribution in [-0.2, 0) is 32.7 Å². The molecule has 0 spiro atoms. The van der Waals surface area contributed by atoms with Gasteiger partial charge in [-0.3, -0.25) is 18.6 Å². The highest BCUT2D eigenvalue weighted by Gasteiger charge is 2.51. The molecular formula is C39H71O13P. The van der Waals surface area contributed by atoms with E-state index in [1.165, 1.54) is 44.9 Å². The number of esters is 2. The van der Waals surface area contributed by atoms with Crippen LogP contribution in [0.15, 0.2) is 24.3 Å².